The zero-order valence-electron chi connectivity index (χ0n) is 23.3. The number of nitrogens with zero attached hydrogens (tertiary/aromatic N) is 4. The van der Waals surface area contributed by atoms with E-state index in [1.807, 2.05) is 4.90 Å². The molecule has 0 radical (unpaired) electrons. The van der Waals surface area contributed by atoms with Gasteiger partial charge in [-0.05, 0) is 68.5 Å². The van der Waals surface area contributed by atoms with Gasteiger partial charge in [0.2, 0.25) is 11.8 Å². The minimum atomic E-state index is -5.05. The number of amides is 4. The molecule has 15 heteroatoms. The predicted molar refractivity (Wildman–Crippen MR) is 139 cm³/mol. The van der Waals surface area contributed by atoms with Crippen LogP contribution in [0.4, 0.5) is 35.5 Å². The molecule has 0 bridgehead atoms. The molecule has 0 aliphatic carbocycles. The first-order valence-electron chi connectivity index (χ1n) is 13.4. The van der Waals surface area contributed by atoms with E-state index in [1.165, 1.54) is 32.9 Å². The van der Waals surface area contributed by atoms with Gasteiger partial charge in [0.1, 0.15) is 18.0 Å². The van der Waals surface area contributed by atoms with Gasteiger partial charge in [-0.1, -0.05) is 12.1 Å². The largest absolute Gasteiger partial charge is 0.416 e. The van der Waals surface area contributed by atoms with Gasteiger partial charge in [0, 0.05) is 26.1 Å². The number of fused-ring (bicyclic) bond motifs is 1. The molecule has 2 saturated heterocycles. The highest BCUT2D eigenvalue weighted by Gasteiger charge is 2.48. The lowest BCUT2D eigenvalue weighted by atomic mass is 10.0. The minimum absolute atomic E-state index is 0.000451. The molecule has 2 fully saturated rings. The number of benzene rings is 2. The number of rotatable bonds is 7. The second-order valence-electron chi connectivity index (χ2n) is 10.8. The smallest absolute Gasteiger partial charge is 0.334 e. The van der Waals surface area contributed by atoms with Crippen LogP contribution in [0.15, 0.2) is 42.5 Å². The molecule has 2 aliphatic rings. The molecule has 0 aromatic heterocycles. The lowest BCUT2D eigenvalue weighted by Gasteiger charge is -2.52. The first-order valence-corrected chi connectivity index (χ1v) is 13.4. The van der Waals surface area contributed by atoms with Crippen molar-refractivity contribution in [3.63, 3.8) is 0 Å². The number of piperazine rings is 1. The van der Waals surface area contributed by atoms with Gasteiger partial charge in [-0.3, -0.25) is 9.59 Å². The summed E-state index contributed by atoms with van der Waals surface area (Å²) < 4.78 is 93.6. The highest BCUT2D eigenvalue weighted by atomic mass is 19.4. The second kappa shape index (κ2) is 12.4. The highest BCUT2D eigenvalue weighted by Crippen LogP contribution is 2.36. The van der Waals surface area contributed by atoms with Crippen molar-refractivity contribution in [2.24, 2.45) is 0 Å². The van der Waals surface area contributed by atoms with Crippen molar-refractivity contribution in [2.45, 2.75) is 50.5 Å². The van der Waals surface area contributed by atoms with Crippen LogP contribution < -0.4 is 5.32 Å². The summed E-state index contributed by atoms with van der Waals surface area (Å²) in [6.45, 7) is -0.462. The maximum absolute atomic E-state index is 13.9. The molecule has 2 atom stereocenters. The van der Waals surface area contributed by atoms with E-state index in [4.69, 9.17) is 0 Å². The zero-order valence-corrected chi connectivity index (χ0v) is 23.3. The third-order valence-corrected chi connectivity index (χ3v) is 7.32. The van der Waals surface area contributed by atoms with Crippen molar-refractivity contribution in [1.29, 1.82) is 0 Å². The van der Waals surface area contributed by atoms with Crippen LogP contribution >= 0.6 is 0 Å². The van der Waals surface area contributed by atoms with Crippen molar-refractivity contribution in [1.82, 2.24) is 24.9 Å². The number of carbonyl (C=O) groups is 3. The molecular formula is C28H30F7N5O3. The van der Waals surface area contributed by atoms with Crippen molar-refractivity contribution < 1.29 is 45.1 Å². The number of carbonyl (C=O) groups excluding carboxylic acids is 3. The van der Waals surface area contributed by atoms with E-state index in [9.17, 15) is 45.1 Å². The van der Waals surface area contributed by atoms with Gasteiger partial charge >= 0.3 is 18.4 Å². The van der Waals surface area contributed by atoms with Crippen molar-refractivity contribution >= 4 is 17.8 Å². The molecule has 2 aromatic rings. The summed E-state index contributed by atoms with van der Waals surface area (Å²) in [4.78, 5) is 45.8. The Balaban J connectivity index is 1.59. The Morgan fingerprint density at radius 3 is 2.21 bits per heavy atom. The summed E-state index contributed by atoms with van der Waals surface area (Å²) in [5.41, 5.74) is -2.96. The monoisotopic (exact) mass is 617 g/mol. The molecule has 4 rings (SSSR count). The molecular weight excluding hydrogens is 587 g/mol. The maximum atomic E-state index is 13.9. The van der Waals surface area contributed by atoms with Crippen molar-refractivity contribution in [3.8, 4) is 0 Å². The fourth-order valence-corrected chi connectivity index (χ4v) is 5.27. The lowest BCUT2D eigenvalue weighted by Crippen LogP contribution is -2.72. The molecule has 2 aromatic carbocycles. The van der Waals surface area contributed by atoms with Crippen LogP contribution in [0.1, 0.15) is 35.1 Å². The molecule has 1 N–H and O–H groups in total. The summed E-state index contributed by atoms with van der Waals surface area (Å²) in [6.07, 6.45) is -11.0. The molecule has 0 saturated carbocycles. The summed E-state index contributed by atoms with van der Waals surface area (Å²) in [5.74, 6) is -1.27. The third kappa shape index (κ3) is 7.56. The first-order chi connectivity index (χ1) is 20.0. The van der Waals surface area contributed by atoms with Crippen molar-refractivity contribution in [3.05, 3.63) is 70.5 Å². The Kier molecular flexibility index (Phi) is 9.23. The molecule has 2 aliphatic heterocycles. The Morgan fingerprint density at radius 1 is 0.977 bits per heavy atom. The van der Waals surface area contributed by atoms with Gasteiger partial charge in [0.15, 0.2) is 0 Å². The molecule has 4 amide bonds. The van der Waals surface area contributed by atoms with E-state index >= 15 is 0 Å². The standard InChI is InChI=1S/C28H30F7N5O3/c1-37(2)8-6-22-25(42)38(15-17-4-3-5-21(29)12-17)16-23-39(9-7-24(41)40(22)23)26(43)36-14-18-10-19(27(30,31)32)13-20(11-18)28(33,34)35/h3-5,10-13,22-23H,6-9,14-16H2,1-2H3,(H,36,43)/t22-,23?/m0/s1. The SMILES string of the molecule is CN(C)CC[C@H]1C(=O)N(Cc2cccc(F)c2)CC2N(C(=O)NCc3cc(C(F)(F)F)cc(C(F)(F)F)c3)CCC(=O)N21. The van der Waals surface area contributed by atoms with E-state index in [2.05, 4.69) is 5.32 Å². The second-order valence-corrected chi connectivity index (χ2v) is 10.8. The number of halogens is 7. The van der Waals surface area contributed by atoms with Gasteiger partial charge in [-0.25, -0.2) is 9.18 Å². The van der Waals surface area contributed by atoms with E-state index in [1.54, 1.807) is 20.2 Å². The lowest BCUT2D eigenvalue weighted by molar-refractivity contribution is -0.167. The minimum Gasteiger partial charge on any atom is -0.334 e. The summed E-state index contributed by atoms with van der Waals surface area (Å²) in [7, 11) is 3.57. The van der Waals surface area contributed by atoms with Crippen LogP contribution in [0.25, 0.3) is 0 Å². The third-order valence-electron chi connectivity index (χ3n) is 7.32. The summed E-state index contributed by atoms with van der Waals surface area (Å²) >= 11 is 0. The average Bonchev–Trinajstić information content (AvgIpc) is 2.91. The molecule has 1 unspecified atom stereocenters. The number of hydrogen-bond donors (Lipinski definition) is 1. The zero-order chi connectivity index (χ0) is 31.7. The Hall–Kier alpha value is -3.88. The van der Waals surface area contributed by atoms with Gasteiger partial charge in [0.05, 0.1) is 17.7 Å². The van der Waals surface area contributed by atoms with E-state index < -0.39 is 59.6 Å². The number of alkyl halides is 6. The van der Waals surface area contributed by atoms with Crippen LogP contribution in [0, 0.1) is 5.82 Å². The quantitative estimate of drug-likeness (QED) is 0.471. The summed E-state index contributed by atoms with van der Waals surface area (Å²) in [5, 5.41) is 2.38. The van der Waals surface area contributed by atoms with Crippen LogP contribution in [-0.2, 0) is 35.0 Å². The van der Waals surface area contributed by atoms with E-state index in [0.29, 0.717) is 24.2 Å². The van der Waals surface area contributed by atoms with Crippen molar-refractivity contribution in [2.75, 3.05) is 33.7 Å². The topological polar surface area (TPSA) is 76.2 Å². The number of hydrogen-bond acceptors (Lipinski definition) is 4. The fourth-order valence-electron chi connectivity index (χ4n) is 5.27. The predicted octanol–water partition coefficient (Wildman–Crippen LogP) is 4.30. The van der Waals surface area contributed by atoms with E-state index in [-0.39, 0.29) is 50.4 Å². The Labute approximate surface area is 243 Å². The summed E-state index contributed by atoms with van der Waals surface area (Å²) in [6, 6.07) is 4.88. The number of urea groups is 1. The molecule has 2 heterocycles. The average molecular weight is 618 g/mol. The first kappa shape index (κ1) is 32.0. The van der Waals surface area contributed by atoms with Gasteiger partial charge in [-0.15, -0.1) is 0 Å². The van der Waals surface area contributed by atoms with Gasteiger partial charge in [0.25, 0.3) is 0 Å². The molecule has 0 spiro atoms. The molecule has 8 nitrogen and oxygen atoms in total. The van der Waals surface area contributed by atoms with Crippen LogP contribution in [0.2, 0.25) is 0 Å². The normalized spacial score (nSPS) is 19.6. The van der Waals surface area contributed by atoms with Crippen LogP contribution in [0.3, 0.4) is 0 Å². The molecule has 43 heavy (non-hydrogen) atoms. The highest BCUT2D eigenvalue weighted by molar-refractivity contribution is 5.91. The Bertz CT molecular complexity index is 1330. The van der Waals surface area contributed by atoms with E-state index in [0.717, 1.165) is 0 Å². The molecule has 234 valence electrons. The fraction of sp³-hybridized carbons (Fsp3) is 0.464. The maximum Gasteiger partial charge on any atom is 0.416 e. The van der Waals surface area contributed by atoms with Gasteiger partial charge < -0.3 is 24.9 Å². The van der Waals surface area contributed by atoms with Gasteiger partial charge in [-0.2, -0.15) is 26.3 Å². The Morgan fingerprint density at radius 2 is 1.63 bits per heavy atom. The van der Waals surface area contributed by atoms with Crippen LogP contribution in [-0.4, -0.2) is 83.4 Å². The number of nitrogens with one attached hydrogen (secondary N) is 1. The van der Waals surface area contributed by atoms with Crippen LogP contribution in [0.5, 0.6) is 0 Å².